The zero-order chi connectivity index (χ0) is 55.4. The fourth-order valence-electron chi connectivity index (χ4n) is 12.2. The minimum Gasteiger partial charge on any atom is -0.459 e. The van der Waals surface area contributed by atoms with Crippen LogP contribution >= 0.6 is 0 Å². The summed E-state index contributed by atoms with van der Waals surface area (Å²) in [5.41, 5.74) is -0.492. The molecule has 1 unspecified atom stereocenters. The summed E-state index contributed by atoms with van der Waals surface area (Å²) in [6, 6.07) is 11.2. The normalized spacial score (nSPS) is 41.3. The Kier molecular flexibility index (Phi) is 19.8. The Bertz CT molecular complexity index is 2240. The summed E-state index contributed by atoms with van der Waals surface area (Å²) in [7, 11) is 5.32. The van der Waals surface area contributed by atoms with E-state index < -0.39 is 102 Å². The molecule has 0 spiro atoms. The molecule has 76 heavy (non-hydrogen) atoms. The van der Waals surface area contributed by atoms with Crippen molar-refractivity contribution in [1.29, 1.82) is 0 Å². The van der Waals surface area contributed by atoms with E-state index in [1.54, 1.807) is 47.7 Å². The quantitative estimate of drug-likeness (QED) is 0.157. The van der Waals surface area contributed by atoms with Gasteiger partial charge in [-0.15, -0.1) is 0 Å². The molecule has 3 saturated heterocycles. The summed E-state index contributed by atoms with van der Waals surface area (Å²) in [6.07, 6.45) is -4.21. The Hall–Kier alpha value is -3.77. The van der Waals surface area contributed by atoms with Crippen LogP contribution in [0.2, 0.25) is 0 Å². The van der Waals surface area contributed by atoms with Gasteiger partial charge in [0.25, 0.3) is 0 Å². The second-order valence-electron chi connectivity index (χ2n) is 23.5. The predicted octanol–water partition coefficient (Wildman–Crippen LogP) is 4.97. The van der Waals surface area contributed by atoms with Crippen molar-refractivity contribution in [2.75, 3.05) is 47.4 Å². The molecule has 0 radical (unpaired) electrons. The molecule has 1 aromatic heterocycles. The highest BCUT2D eigenvalue weighted by Crippen LogP contribution is 2.40. The van der Waals surface area contributed by atoms with E-state index in [4.69, 9.17) is 33.3 Å². The molecule has 0 aliphatic carbocycles. The number of carbonyl (C=O) groups is 1. The molecule has 5 N–H and O–H groups in total. The third-order valence-electron chi connectivity index (χ3n) is 17.0. The number of methoxy groups -OCH3 is 1. The topological polar surface area (TPSA) is 243 Å². The van der Waals surface area contributed by atoms with Crippen molar-refractivity contribution in [1.82, 2.24) is 19.8 Å². The van der Waals surface area contributed by atoms with E-state index in [1.165, 1.54) is 14.0 Å². The number of aromatic nitrogens is 1. The van der Waals surface area contributed by atoms with Gasteiger partial charge in [-0.25, -0.2) is 0 Å². The van der Waals surface area contributed by atoms with Crippen molar-refractivity contribution in [3.05, 3.63) is 54.4 Å². The molecule has 0 bridgehead atoms. The van der Waals surface area contributed by atoms with Gasteiger partial charge in [0.1, 0.15) is 30.0 Å². The molecule has 20 heteroatoms. The van der Waals surface area contributed by atoms with Crippen molar-refractivity contribution >= 4 is 11.7 Å². The molecule has 3 fully saturated rings. The Balaban J connectivity index is 1.05. The Labute approximate surface area is 450 Å². The fourth-order valence-corrected chi connectivity index (χ4v) is 12.2. The number of hydrogen-bond acceptors (Lipinski definition) is 20. The third kappa shape index (κ3) is 13.8. The van der Waals surface area contributed by atoms with Crippen molar-refractivity contribution < 1.29 is 63.6 Å². The highest BCUT2D eigenvalue weighted by Gasteiger charge is 2.53. The van der Waals surface area contributed by atoms with Crippen LogP contribution in [0.3, 0.4) is 0 Å². The van der Waals surface area contributed by atoms with Crippen LogP contribution in [0, 0.1) is 17.8 Å². The van der Waals surface area contributed by atoms with E-state index >= 15 is 0 Å². The third-order valence-corrected chi connectivity index (χ3v) is 17.0. The van der Waals surface area contributed by atoms with Crippen molar-refractivity contribution in [3.8, 4) is 11.1 Å². The molecule has 6 heterocycles. The summed E-state index contributed by atoms with van der Waals surface area (Å²) < 4.78 is 38.4. The molecule has 20 nitrogen and oxygen atoms in total. The molecule has 0 saturated carbocycles. The number of rotatable bonds is 14. The van der Waals surface area contributed by atoms with E-state index in [1.807, 2.05) is 63.1 Å². The lowest BCUT2D eigenvalue weighted by molar-refractivity contribution is -0.318. The standard InChI is InChI=1S/C56H89N7O13/c1-14-45-56(10,69)49(65)36(6)62(12)29-32(2)26-54(8,68)51(34(4)48(35(5)52(67)73-45)74-46-27-55(9,70-13)50(66)37(7)72-46)75-53-47(64)44(24-33(3)71-53)61(11)23-21-41-30-63(60-58-41)31-42-25-43(59-76-42)39-19-17-38(18-20-39)40-16-15-22-57-28-40/h15-20,22,28,32-37,41-42,44-51,53,64-66,68-69H,14,21,23-27,29-31H2,1-13H3/t32-,33-,34+,35-,36-,37+,41?,42-,44+,45-,46+,47-,48+,49-,50+,51-,53+,54-,55-,56-/m1/s1. The number of likely N-dealkylation sites (N-methyl/N-ethyl adjacent to an activating group) is 2. The summed E-state index contributed by atoms with van der Waals surface area (Å²) in [5.74, 6) is -2.77. The number of esters is 1. The summed E-state index contributed by atoms with van der Waals surface area (Å²) >= 11 is 0. The van der Waals surface area contributed by atoms with Crippen LogP contribution in [0.15, 0.2) is 64.3 Å². The number of benzene rings is 1. The van der Waals surface area contributed by atoms with Gasteiger partial charge < -0.3 is 68.6 Å². The molecule has 1 aromatic carbocycles. The first-order valence-corrected chi connectivity index (χ1v) is 27.5. The SMILES string of the molecule is CC[C@H]1OC(=O)[C@H](C)[C@@H](O[C@H]2C[C@@](C)(OC)[C@@H](O)[C@H](C)O2)[C@H](C)[C@@H](O[C@@H]2O[C@H](C)C[C@H](N(C)CCC3CN(C[C@H]4CC(c5ccc(-c6cccnc6)cc5)=NO4)N=N3)[C@H]2O)[C@](C)(O)C[C@@H](C)CN(C)[C@H](C)[C@@H](O)[C@]1(C)O. The number of carbonyl (C=O) groups excluding carboxylic acids is 1. The highest BCUT2D eigenvalue weighted by molar-refractivity contribution is 6.01. The van der Waals surface area contributed by atoms with Gasteiger partial charge in [0.15, 0.2) is 18.7 Å². The molecule has 2 aromatic rings. The minimum atomic E-state index is -1.84. The maximum absolute atomic E-state index is 14.5. The van der Waals surface area contributed by atoms with Gasteiger partial charge in [0, 0.05) is 63.4 Å². The lowest BCUT2D eigenvalue weighted by atomic mass is 9.77. The van der Waals surface area contributed by atoms with Crippen LogP contribution in [0.1, 0.15) is 113 Å². The number of nitrogens with zero attached hydrogens (tertiary/aromatic N) is 7. The van der Waals surface area contributed by atoms with Gasteiger partial charge in [0.05, 0.1) is 66.4 Å². The Morgan fingerprint density at radius 1 is 0.908 bits per heavy atom. The second kappa shape index (κ2) is 25.1. The van der Waals surface area contributed by atoms with Crippen LogP contribution < -0.4 is 0 Å². The Morgan fingerprint density at radius 3 is 2.29 bits per heavy atom. The number of cyclic esters (lactones) is 1. The van der Waals surface area contributed by atoms with Gasteiger partial charge in [-0.05, 0) is 117 Å². The lowest BCUT2D eigenvalue weighted by Gasteiger charge is -2.49. The van der Waals surface area contributed by atoms with Crippen molar-refractivity contribution in [3.63, 3.8) is 0 Å². The zero-order valence-corrected chi connectivity index (χ0v) is 47.1. The van der Waals surface area contributed by atoms with Crippen molar-refractivity contribution in [2.45, 2.75) is 210 Å². The van der Waals surface area contributed by atoms with E-state index in [-0.39, 0.29) is 43.4 Å². The van der Waals surface area contributed by atoms with E-state index in [0.29, 0.717) is 45.4 Å². The monoisotopic (exact) mass is 1070 g/mol. The van der Waals surface area contributed by atoms with Gasteiger partial charge in [-0.1, -0.05) is 61.5 Å². The average Bonchev–Trinajstić information content (AvgIpc) is 4.06. The average molecular weight is 1070 g/mol. The molecule has 20 atom stereocenters. The largest absolute Gasteiger partial charge is 0.459 e. The molecule has 426 valence electrons. The first kappa shape index (κ1) is 59.9. The zero-order valence-electron chi connectivity index (χ0n) is 47.1. The predicted molar refractivity (Wildman–Crippen MR) is 284 cm³/mol. The first-order valence-electron chi connectivity index (χ1n) is 27.5. The van der Waals surface area contributed by atoms with Gasteiger partial charge in [-0.3, -0.25) is 14.8 Å². The number of aliphatic hydroxyl groups excluding tert-OH is 3. The summed E-state index contributed by atoms with van der Waals surface area (Å²) in [4.78, 5) is 28.6. The van der Waals surface area contributed by atoms with Crippen LogP contribution in [0.4, 0.5) is 0 Å². The van der Waals surface area contributed by atoms with Gasteiger partial charge >= 0.3 is 5.97 Å². The van der Waals surface area contributed by atoms with Crippen molar-refractivity contribution in [2.24, 2.45) is 33.2 Å². The molecule has 0 amide bonds. The van der Waals surface area contributed by atoms with Crippen LogP contribution in [0.25, 0.3) is 11.1 Å². The maximum Gasteiger partial charge on any atom is 0.311 e. The molecular weight excluding hydrogens is 979 g/mol. The fraction of sp³-hybridized carbons (Fsp3) is 0.768. The summed E-state index contributed by atoms with van der Waals surface area (Å²) in [5, 5.41) is 75.3. The van der Waals surface area contributed by atoms with Crippen LogP contribution in [-0.4, -0.2) is 207 Å². The molecule has 5 aliphatic heterocycles. The number of pyridine rings is 1. The molecule has 7 rings (SSSR count). The number of hydrogen-bond donors (Lipinski definition) is 5. The van der Waals surface area contributed by atoms with Gasteiger partial charge in [-0.2, -0.15) is 5.11 Å². The lowest BCUT2D eigenvalue weighted by Crippen LogP contribution is -2.61. The van der Waals surface area contributed by atoms with E-state index in [9.17, 15) is 30.3 Å². The van der Waals surface area contributed by atoms with Crippen LogP contribution in [0.5, 0.6) is 0 Å². The highest BCUT2D eigenvalue weighted by atomic mass is 16.7. The summed E-state index contributed by atoms with van der Waals surface area (Å²) in [6.45, 7) is 19.8. The van der Waals surface area contributed by atoms with E-state index in [2.05, 4.69) is 49.6 Å². The first-order chi connectivity index (χ1) is 35.8. The van der Waals surface area contributed by atoms with Crippen LogP contribution in [-0.2, 0) is 38.1 Å². The van der Waals surface area contributed by atoms with E-state index in [0.717, 1.165) is 22.4 Å². The smallest absolute Gasteiger partial charge is 0.311 e. The minimum absolute atomic E-state index is 0.0755. The molecular formula is C56H89N7O13. The number of ether oxygens (including phenoxy) is 6. The maximum atomic E-state index is 14.5. The molecule has 5 aliphatic rings. The second-order valence-corrected chi connectivity index (χ2v) is 23.5. The number of oxime groups is 1. The Morgan fingerprint density at radius 2 is 1.62 bits per heavy atom. The number of aliphatic hydroxyl groups is 5. The van der Waals surface area contributed by atoms with Gasteiger partial charge in [0.2, 0.25) is 0 Å².